The summed E-state index contributed by atoms with van der Waals surface area (Å²) in [6, 6.07) is 22.4. The first kappa shape index (κ1) is 23.3. The maximum absolute atomic E-state index is 13.3. The molecule has 35 heavy (non-hydrogen) atoms. The van der Waals surface area contributed by atoms with Crippen molar-refractivity contribution in [2.45, 2.75) is 25.3 Å². The van der Waals surface area contributed by atoms with Crippen LogP contribution in [0.4, 0.5) is 4.79 Å². The number of H-pyrrole nitrogens is 1. The van der Waals surface area contributed by atoms with E-state index in [9.17, 15) is 4.79 Å². The van der Waals surface area contributed by atoms with Gasteiger partial charge in [-0.25, -0.2) is 4.79 Å². The summed E-state index contributed by atoms with van der Waals surface area (Å²) in [5, 5.41) is 10.7. The summed E-state index contributed by atoms with van der Waals surface area (Å²) in [6.07, 6.45) is 1.81. The number of carbonyl (C=O) groups excluding carboxylic acids is 1. The van der Waals surface area contributed by atoms with E-state index in [4.69, 9.17) is 26.2 Å². The van der Waals surface area contributed by atoms with Gasteiger partial charge < -0.3 is 19.6 Å². The lowest BCUT2D eigenvalue weighted by molar-refractivity contribution is 0.135. The number of amides is 1. The molecule has 0 aliphatic carbocycles. The smallest absolute Gasteiger partial charge is 0.416 e. The molecule has 2 heterocycles. The van der Waals surface area contributed by atoms with Crippen LogP contribution in [0.25, 0.3) is 10.9 Å². The number of para-hydroxylation sites is 1. The fraction of sp³-hybridized carbons (Fsp3) is 0.250. The number of aromatic nitrogens is 1. The first-order valence-corrected chi connectivity index (χ1v) is 12.2. The third-order valence-corrected chi connectivity index (χ3v) is 6.52. The highest BCUT2D eigenvalue weighted by Gasteiger charge is 2.35. The van der Waals surface area contributed by atoms with Gasteiger partial charge in [-0.3, -0.25) is 4.90 Å². The minimum Gasteiger partial charge on any atom is -0.494 e. The lowest BCUT2D eigenvalue weighted by Gasteiger charge is -2.35. The lowest BCUT2D eigenvalue weighted by atomic mass is 9.92. The number of ether oxygens (including phenoxy) is 2. The fourth-order valence-corrected chi connectivity index (χ4v) is 4.77. The molecule has 2 N–H and O–H groups in total. The van der Waals surface area contributed by atoms with Crippen molar-refractivity contribution in [3.8, 4) is 11.5 Å². The molecule has 6 nitrogen and oxygen atoms in total. The van der Waals surface area contributed by atoms with Gasteiger partial charge in [0.2, 0.25) is 0 Å². The molecule has 1 unspecified atom stereocenters. The quantitative estimate of drug-likeness (QED) is 0.306. The topological polar surface area (TPSA) is 74.8 Å². The maximum Gasteiger partial charge on any atom is 0.416 e. The van der Waals surface area contributed by atoms with E-state index in [-0.39, 0.29) is 12.6 Å². The third-order valence-electron chi connectivity index (χ3n) is 6.29. The number of aliphatic hydroxyl groups excluding tert-OH is 1. The maximum atomic E-state index is 13.3. The van der Waals surface area contributed by atoms with E-state index in [0.29, 0.717) is 36.8 Å². The van der Waals surface area contributed by atoms with Crippen LogP contribution in [0.2, 0.25) is 5.02 Å². The second-order valence-electron chi connectivity index (χ2n) is 8.58. The van der Waals surface area contributed by atoms with Crippen LogP contribution in [0.15, 0.2) is 72.8 Å². The predicted octanol–water partition coefficient (Wildman–Crippen LogP) is 6.12. The number of halogens is 1. The van der Waals surface area contributed by atoms with Gasteiger partial charge in [-0.1, -0.05) is 41.9 Å². The number of fused-ring (bicyclic) bond motifs is 3. The van der Waals surface area contributed by atoms with E-state index in [0.717, 1.165) is 34.3 Å². The van der Waals surface area contributed by atoms with Crippen LogP contribution in [0, 0.1) is 0 Å². The van der Waals surface area contributed by atoms with Gasteiger partial charge in [0, 0.05) is 34.8 Å². The molecule has 0 spiro atoms. The van der Waals surface area contributed by atoms with Crippen molar-refractivity contribution in [2.24, 2.45) is 0 Å². The van der Waals surface area contributed by atoms with Crippen LogP contribution < -0.4 is 9.47 Å². The minimum absolute atomic E-state index is 0.164. The molecule has 1 aliphatic heterocycles. The summed E-state index contributed by atoms with van der Waals surface area (Å²) in [7, 11) is 0. The molecule has 0 radical (unpaired) electrons. The van der Waals surface area contributed by atoms with Gasteiger partial charge in [0.05, 0.1) is 6.61 Å². The molecule has 1 amide bonds. The van der Waals surface area contributed by atoms with Crippen LogP contribution >= 0.6 is 11.6 Å². The molecular formula is C28H27ClN2O4. The number of unbranched alkanes of at least 4 members (excludes halogenated alkanes) is 1. The molecular weight excluding hydrogens is 464 g/mol. The summed E-state index contributed by atoms with van der Waals surface area (Å²) in [6.45, 7) is 1.23. The Labute approximate surface area is 209 Å². The standard InChI is InChI=1S/C28H27ClN2O4/c29-20-10-13-25-24(18-20)23-14-15-31(28(33)35-22-6-2-1-3-7-22)27(26(23)30-25)19-8-11-21(12-9-19)34-17-5-4-16-32/h1-3,6-13,18,27,30,32H,4-5,14-17H2. The van der Waals surface area contributed by atoms with Gasteiger partial charge in [-0.15, -0.1) is 0 Å². The van der Waals surface area contributed by atoms with Crippen molar-refractivity contribution in [3.63, 3.8) is 0 Å². The van der Waals surface area contributed by atoms with Crippen molar-refractivity contribution in [3.05, 3.63) is 94.6 Å². The Bertz CT molecular complexity index is 1300. The van der Waals surface area contributed by atoms with E-state index in [1.165, 1.54) is 5.56 Å². The normalized spacial score (nSPS) is 15.1. The zero-order valence-electron chi connectivity index (χ0n) is 19.2. The van der Waals surface area contributed by atoms with Crippen molar-refractivity contribution >= 4 is 28.6 Å². The number of aliphatic hydroxyl groups is 1. The summed E-state index contributed by atoms with van der Waals surface area (Å²) in [5.41, 5.74) is 4.08. The minimum atomic E-state index is -0.395. The molecule has 0 saturated heterocycles. The van der Waals surface area contributed by atoms with Crippen molar-refractivity contribution in [1.82, 2.24) is 9.88 Å². The molecule has 1 aromatic heterocycles. The number of nitrogens with one attached hydrogen (secondary N) is 1. The first-order valence-electron chi connectivity index (χ1n) is 11.8. The van der Waals surface area contributed by atoms with E-state index in [1.807, 2.05) is 60.7 Å². The van der Waals surface area contributed by atoms with E-state index in [1.54, 1.807) is 17.0 Å². The van der Waals surface area contributed by atoms with E-state index < -0.39 is 6.09 Å². The van der Waals surface area contributed by atoms with Crippen LogP contribution in [0.3, 0.4) is 0 Å². The van der Waals surface area contributed by atoms with Gasteiger partial charge in [0.1, 0.15) is 17.5 Å². The molecule has 0 fully saturated rings. The number of aromatic amines is 1. The van der Waals surface area contributed by atoms with Gasteiger partial charge in [-0.2, -0.15) is 0 Å². The van der Waals surface area contributed by atoms with Gasteiger partial charge >= 0.3 is 6.09 Å². The number of hydrogen-bond acceptors (Lipinski definition) is 4. The Balaban J connectivity index is 1.48. The average Bonchev–Trinajstić information content (AvgIpc) is 3.25. The van der Waals surface area contributed by atoms with Crippen molar-refractivity contribution in [1.29, 1.82) is 0 Å². The number of nitrogens with zero attached hydrogens (tertiary/aromatic N) is 1. The Kier molecular flexibility index (Phi) is 6.93. The summed E-state index contributed by atoms with van der Waals surface area (Å²) < 4.78 is 11.5. The van der Waals surface area contributed by atoms with Gasteiger partial charge in [0.25, 0.3) is 0 Å². The SMILES string of the molecule is O=C(Oc1ccccc1)N1CCc2c([nH]c3ccc(Cl)cc23)C1c1ccc(OCCCCO)cc1. The van der Waals surface area contributed by atoms with E-state index >= 15 is 0 Å². The number of benzene rings is 3. The molecule has 5 rings (SSSR count). The highest BCUT2D eigenvalue weighted by molar-refractivity contribution is 6.31. The molecule has 1 aliphatic rings. The van der Waals surface area contributed by atoms with Crippen LogP contribution in [-0.4, -0.2) is 40.8 Å². The summed E-state index contributed by atoms with van der Waals surface area (Å²) >= 11 is 6.29. The average molecular weight is 491 g/mol. The molecule has 0 bridgehead atoms. The monoisotopic (exact) mass is 490 g/mol. The summed E-state index contributed by atoms with van der Waals surface area (Å²) in [4.78, 5) is 18.6. The first-order chi connectivity index (χ1) is 17.1. The fourth-order valence-electron chi connectivity index (χ4n) is 4.60. The van der Waals surface area contributed by atoms with Gasteiger partial charge in [-0.05, 0) is 72.9 Å². The lowest BCUT2D eigenvalue weighted by Crippen LogP contribution is -2.42. The molecule has 0 saturated carbocycles. The molecule has 7 heteroatoms. The van der Waals surface area contributed by atoms with Crippen molar-refractivity contribution < 1.29 is 19.4 Å². The highest BCUT2D eigenvalue weighted by atomic mass is 35.5. The second-order valence-corrected chi connectivity index (χ2v) is 9.02. The zero-order valence-corrected chi connectivity index (χ0v) is 20.0. The van der Waals surface area contributed by atoms with Crippen LogP contribution in [0.5, 0.6) is 11.5 Å². The Morgan fingerprint density at radius 1 is 1.03 bits per heavy atom. The zero-order chi connectivity index (χ0) is 24.2. The number of carbonyl (C=O) groups is 1. The third kappa shape index (κ3) is 4.99. The molecule has 4 aromatic rings. The van der Waals surface area contributed by atoms with Crippen molar-refractivity contribution in [2.75, 3.05) is 19.8 Å². The Morgan fingerprint density at radius 2 is 1.83 bits per heavy atom. The van der Waals surface area contributed by atoms with Crippen LogP contribution in [-0.2, 0) is 6.42 Å². The van der Waals surface area contributed by atoms with Crippen LogP contribution in [0.1, 0.15) is 35.7 Å². The molecule has 180 valence electrons. The highest BCUT2D eigenvalue weighted by Crippen LogP contribution is 2.40. The summed E-state index contributed by atoms with van der Waals surface area (Å²) in [5.74, 6) is 1.27. The largest absolute Gasteiger partial charge is 0.494 e. The Morgan fingerprint density at radius 3 is 2.60 bits per heavy atom. The van der Waals surface area contributed by atoms with E-state index in [2.05, 4.69) is 4.98 Å². The molecule has 3 aromatic carbocycles. The number of hydrogen-bond donors (Lipinski definition) is 2. The number of rotatable bonds is 7. The Hall–Kier alpha value is -3.48. The molecule has 1 atom stereocenters. The van der Waals surface area contributed by atoms with Gasteiger partial charge in [0.15, 0.2) is 0 Å². The predicted molar refractivity (Wildman–Crippen MR) is 136 cm³/mol. The second kappa shape index (κ2) is 10.4.